The average Bonchev–Trinajstić information content (AvgIpc) is 1.62. The third kappa shape index (κ3) is 27.8. The number of nitro groups is 2. The molecule has 1 aliphatic carbocycles. The number of imidazole rings is 3. The minimum absolute atomic E-state index is 0. The number of anilines is 5. The largest absolute Gasteiger partial charge is 0.496 e. The lowest BCUT2D eigenvalue weighted by atomic mass is 9.80. The van der Waals surface area contributed by atoms with Gasteiger partial charge in [-0.2, -0.15) is 20.0 Å². The van der Waals surface area contributed by atoms with Gasteiger partial charge in [-0.15, -0.1) is 17.5 Å². The standard InChI is InChI=1S/C21H20N6O.C18H25BN2O4.C13H14ClN5O.C7H4BrClN2.C6H9N3O3.C6H11N3O.C4H5N3O2.C2H5IO.C2H6O.ClH/c1-14-9-20(25-27(14)7-8-28)24-19-11-17(13-26-6-5-22-21(19)26)16-10-15-3-2-4-18(15)23-12-16;1-16(2,3)23-15(22)21-9-8-13-14(21)10-12(11-20-13)19-24-17(4,5)18(6,7)25-19;1-9-6-12(17-19(9)4-5-20)16-11-7-10(14)8-18-3-2-15-13(11)18;8-6-3-5(9)4-11-2-1-10-7(6)11;1-5-4-6(9(11)12)7-8(5)2-3-10;1-5-4-6(7)8-9(5)2-3-10;1-3-2-4(6-5-3)7(8)9;3-1-2-4;1-2-3;/h2,4-6,9-13,28H,3,7-8H2,1H3,(H,24,25);8-11H,1-7H3;2-3,6-8,20H,4-5H2,1H3,(H,16,17);1-4H;4,10H,2-3H2,1H3;4,10H,2-3H2,1H3,(H2,7,8);2H,1H3,(H,5,6);4H,1-2H2;3H,2H2,1H3;1H. The number of fused-ring (bicyclic) bond motifs is 5. The number of allylic oxidation sites excluding steroid dienone is 1. The van der Waals surface area contributed by atoms with Gasteiger partial charge in [-0.25, -0.2) is 19.7 Å². The first-order chi connectivity index (χ1) is 58.0. The molecule has 16 rings (SSSR count). The van der Waals surface area contributed by atoms with Crippen molar-refractivity contribution in [1.82, 2.24) is 92.0 Å². The first-order valence-electron chi connectivity index (χ1n) is 38.0. The van der Waals surface area contributed by atoms with Gasteiger partial charge in [-0.1, -0.05) is 57.0 Å². The highest BCUT2D eigenvalue weighted by Gasteiger charge is 2.52. The fourth-order valence-electron chi connectivity index (χ4n) is 11.5. The SMILES string of the molecule is CC(C)(C)OC(=O)n1ccc2ncc(B3OC(C)(C)C(C)(C)O3)cc21.CCO.Cc1cc(N)nn1CCO.Cc1cc(Nc2cc(-c3cnc4c(c3)CC=C4)cn3ccnc23)nn1CCO.Cc1cc(Nc2cc(Cl)cn3ccnc23)nn1CCO.Cc1cc([N+](=O)[O-])[nH]n1.Cc1cc([N+](=O)[O-])nn1CCO.Cl.Clc1cc(Br)c2nccn2c1.OCCI. The number of halogens is 5. The quantitative estimate of drug-likeness (QED) is 0.0133. The van der Waals surface area contributed by atoms with Crippen molar-refractivity contribution in [2.24, 2.45) is 0 Å². The Kier molecular flexibility index (Phi) is 37.2. The van der Waals surface area contributed by atoms with Gasteiger partial charge in [0.15, 0.2) is 28.6 Å². The number of rotatable bonds is 17. The van der Waals surface area contributed by atoms with Crippen molar-refractivity contribution < 1.29 is 59.3 Å². The lowest BCUT2D eigenvalue weighted by Gasteiger charge is -2.32. The van der Waals surface area contributed by atoms with Crippen LogP contribution in [0.4, 0.5) is 45.3 Å². The molecular formula is C79H100BBrCl3IN24O14. The molecule has 0 saturated carbocycles. The van der Waals surface area contributed by atoms with Gasteiger partial charge in [0.2, 0.25) is 0 Å². The summed E-state index contributed by atoms with van der Waals surface area (Å²) in [6, 6.07) is 20.0. The molecule has 38 nitrogen and oxygen atoms in total. The first-order valence-corrected chi connectivity index (χ1v) is 41.1. The van der Waals surface area contributed by atoms with Crippen molar-refractivity contribution in [2.45, 2.75) is 139 Å². The molecule has 0 bridgehead atoms. The number of H-pyrrole nitrogens is 1. The number of carbonyl (C=O) groups excluding carboxylic acids is 1. The number of aromatic amines is 1. The maximum atomic E-state index is 12.4. The fourth-order valence-corrected chi connectivity index (χ4v) is 12.7. The van der Waals surface area contributed by atoms with Crippen molar-refractivity contribution >= 4 is 167 Å². The van der Waals surface area contributed by atoms with Crippen LogP contribution in [0, 0.1) is 54.8 Å². The maximum Gasteiger partial charge on any atom is 0.496 e. The Morgan fingerprint density at radius 3 is 1.63 bits per heavy atom. The molecule has 1 saturated heterocycles. The lowest BCUT2D eigenvalue weighted by molar-refractivity contribution is -0.389. The molecule has 14 aromatic rings. The summed E-state index contributed by atoms with van der Waals surface area (Å²) in [6.07, 6.45) is 26.5. The molecule has 2 aliphatic rings. The molecule has 658 valence electrons. The van der Waals surface area contributed by atoms with Gasteiger partial charge in [-0.3, -0.25) is 28.6 Å². The number of hydrogen-bond acceptors (Lipinski definition) is 27. The summed E-state index contributed by atoms with van der Waals surface area (Å²) in [6.45, 7) is 26.9. The Balaban J connectivity index is 0.000000202. The minimum atomic E-state index is -0.565. The molecule has 0 radical (unpaired) electrons. The molecular weight excluding hydrogens is 1830 g/mol. The Morgan fingerprint density at radius 1 is 0.650 bits per heavy atom. The molecule has 1 aliphatic heterocycles. The summed E-state index contributed by atoms with van der Waals surface area (Å²) >= 11 is 17.3. The van der Waals surface area contributed by atoms with Crippen molar-refractivity contribution in [2.75, 3.05) is 60.4 Å². The normalized spacial score (nSPS) is 12.5. The number of aliphatic hydroxyl groups excluding tert-OH is 6. The Morgan fingerprint density at radius 2 is 1.15 bits per heavy atom. The highest BCUT2D eigenvalue weighted by molar-refractivity contribution is 14.1. The molecule has 44 heteroatoms. The Bertz CT molecular complexity index is 5820. The monoisotopic (exact) mass is 1930 g/mol. The first kappa shape index (κ1) is 99.3. The van der Waals surface area contributed by atoms with Crippen LogP contribution < -0.4 is 21.8 Å². The second-order valence-corrected chi connectivity index (χ2v) is 31.7. The van der Waals surface area contributed by atoms with Gasteiger partial charge >= 0.3 is 24.8 Å². The summed E-state index contributed by atoms with van der Waals surface area (Å²) in [5.74, 6) is 1.69. The topological polar surface area (TPSA) is 485 Å². The number of nitrogen functional groups attached to an aromatic ring is 1. The van der Waals surface area contributed by atoms with E-state index in [2.05, 4.69) is 135 Å². The van der Waals surface area contributed by atoms with E-state index in [4.69, 9.17) is 68.5 Å². The number of alkyl halides is 1. The highest BCUT2D eigenvalue weighted by atomic mass is 127. The number of hydrogen-bond donors (Lipinski definition) is 10. The van der Waals surface area contributed by atoms with Crippen LogP contribution in [-0.2, 0) is 46.6 Å². The van der Waals surface area contributed by atoms with E-state index in [-0.39, 0.29) is 57.1 Å². The molecule has 0 atom stereocenters. The number of nitrogens with one attached hydrogen (secondary N) is 3. The van der Waals surface area contributed by atoms with Crippen molar-refractivity contribution in [3.8, 4) is 11.1 Å². The predicted octanol–water partition coefficient (Wildman–Crippen LogP) is 12.6. The number of ether oxygens (including phenoxy) is 1. The smallest absolute Gasteiger partial charge is 0.443 e. The Labute approximate surface area is 746 Å². The molecule has 0 spiro atoms. The number of aliphatic hydroxyl groups is 6. The van der Waals surface area contributed by atoms with E-state index in [1.807, 2.05) is 144 Å². The zero-order chi connectivity index (χ0) is 89.3. The van der Waals surface area contributed by atoms with Crippen LogP contribution in [0.1, 0.15) is 95.1 Å². The third-order valence-electron chi connectivity index (χ3n) is 17.8. The Hall–Kier alpha value is -10.8. The zero-order valence-corrected chi connectivity index (χ0v) is 76.0. The average molecular weight is 1930 g/mol. The number of aromatic nitrogens is 19. The lowest BCUT2D eigenvalue weighted by Crippen LogP contribution is -2.41. The molecule has 0 aromatic carbocycles. The van der Waals surface area contributed by atoms with Gasteiger partial charge in [0.05, 0.1) is 142 Å². The molecule has 11 N–H and O–H groups in total. The number of pyridine rings is 5. The van der Waals surface area contributed by atoms with Crippen LogP contribution in [0.5, 0.6) is 0 Å². The van der Waals surface area contributed by atoms with Gasteiger partial charge in [0, 0.05) is 137 Å². The van der Waals surface area contributed by atoms with Crippen LogP contribution in [0.15, 0.2) is 152 Å². The molecule has 123 heavy (non-hydrogen) atoms. The predicted molar refractivity (Wildman–Crippen MR) is 486 cm³/mol. The van der Waals surface area contributed by atoms with Gasteiger partial charge in [0.25, 0.3) is 0 Å². The van der Waals surface area contributed by atoms with Crippen LogP contribution in [0.3, 0.4) is 0 Å². The summed E-state index contributed by atoms with van der Waals surface area (Å²) in [4.78, 5) is 53.4. The van der Waals surface area contributed by atoms with E-state index in [9.17, 15) is 30.1 Å². The molecule has 0 amide bonds. The van der Waals surface area contributed by atoms with E-state index in [0.29, 0.717) is 76.9 Å². The van der Waals surface area contributed by atoms with E-state index < -0.39 is 39.9 Å². The van der Waals surface area contributed by atoms with E-state index >= 15 is 0 Å². The van der Waals surface area contributed by atoms with Crippen molar-refractivity contribution in [3.05, 3.63) is 222 Å². The summed E-state index contributed by atoms with van der Waals surface area (Å²) < 4.78 is 33.1. The van der Waals surface area contributed by atoms with Gasteiger partial charge in [-0.05, 0) is 170 Å². The zero-order valence-electron chi connectivity index (χ0n) is 69.9. The fraction of sp³-hybridized carbons (Fsp3) is 0.354. The number of nitrogens with two attached hydrogens (primary N) is 1. The van der Waals surface area contributed by atoms with E-state index in [1.54, 1.807) is 84.1 Å². The van der Waals surface area contributed by atoms with Crippen molar-refractivity contribution in [1.29, 1.82) is 0 Å². The number of nitrogens with zero attached hydrogens (tertiary/aromatic N) is 20. The number of carbonyl (C=O) groups is 1. The molecule has 14 aromatic heterocycles. The minimum Gasteiger partial charge on any atom is -0.443 e. The molecule has 1 fully saturated rings. The summed E-state index contributed by atoms with van der Waals surface area (Å²) in [5, 5.41) is 101. The van der Waals surface area contributed by atoms with Crippen molar-refractivity contribution in [3.63, 3.8) is 0 Å². The van der Waals surface area contributed by atoms with Crippen LogP contribution >= 0.6 is 74.1 Å². The molecule has 15 heterocycles. The number of aryl methyl sites for hydroxylation is 5. The van der Waals surface area contributed by atoms with E-state index in [0.717, 1.165) is 88.8 Å². The summed E-state index contributed by atoms with van der Waals surface area (Å²) in [7, 11) is -0.524. The maximum absolute atomic E-state index is 12.4. The van der Waals surface area contributed by atoms with Gasteiger partial charge in [0.1, 0.15) is 11.4 Å². The summed E-state index contributed by atoms with van der Waals surface area (Å²) in [5.41, 5.74) is 18.9. The second kappa shape index (κ2) is 46.1. The van der Waals surface area contributed by atoms with E-state index in [1.165, 1.54) is 26.9 Å². The third-order valence-corrected chi connectivity index (χ3v) is 19.3. The highest BCUT2D eigenvalue weighted by Crippen LogP contribution is 2.37. The van der Waals surface area contributed by atoms with Crippen LogP contribution in [0.25, 0.3) is 45.2 Å². The van der Waals surface area contributed by atoms with Crippen LogP contribution in [0.2, 0.25) is 10.0 Å². The second-order valence-electron chi connectivity index (χ2n) is 28.9. The molecule has 0 unspecified atom stereocenters. The van der Waals surface area contributed by atoms with Gasteiger partial charge < -0.3 is 94.5 Å². The van der Waals surface area contributed by atoms with Crippen LogP contribution in [-0.4, -0.2) is 207 Å².